The number of rotatable bonds is 4. The van der Waals surface area contributed by atoms with E-state index in [0.29, 0.717) is 12.3 Å². The molecule has 3 rings (SSSR count). The topological polar surface area (TPSA) is 40.6 Å². The second-order valence-corrected chi connectivity index (χ2v) is 7.86. The molecule has 0 saturated carbocycles. The van der Waals surface area contributed by atoms with Gasteiger partial charge in [-0.3, -0.25) is 9.59 Å². The third-order valence-corrected chi connectivity index (χ3v) is 6.06. The maximum absolute atomic E-state index is 12.8. The van der Waals surface area contributed by atoms with Gasteiger partial charge < -0.3 is 9.80 Å². The molecule has 3 heterocycles. The Hall–Kier alpha value is -1.36. The monoisotopic (exact) mass is 334 g/mol. The molecule has 4 nitrogen and oxygen atoms in total. The van der Waals surface area contributed by atoms with Crippen LogP contribution in [0.25, 0.3) is 0 Å². The lowest BCUT2D eigenvalue weighted by atomic mass is 9.98. The number of hydrogen-bond acceptors (Lipinski definition) is 3. The summed E-state index contributed by atoms with van der Waals surface area (Å²) >= 11 is 1.69. The van der Waals surface area contributed by atoms with Crippen LogP contribution in [-0.2, 0) is 16.0 Å². The highest BCUT2D eigenvalue weighted by Gasteiger charge is 2.36. The van der Waals surface area contributed by atoms with Crippen molar-refractivity contribution in [3.8, 4) is 0 Å². The number of piperidine rings is 1. The summed E-state index contributed by atoms with van der Waals surface area (Å²) in [7, 11) is 0. The quantitative estimate of drug-likeness (QED) is 0.849. The maximum atomic E-state index is 12.8. The predicted octanol–water partition coefficient (Wildman–Crippen LogP) is 2.93. The standard InChI is InChI=1S/C18H26N2O2S/c1-14-8-11-19(12-9-14)18(22)16-5-2-10-20(16)17(21)7-6-15-4-3-13-23-15/h3-4,13-14,16H,2,5-12H2,1H3/t16-/m0/s1. The molecular weight excluding hydrogens is 308 g/mol. The van der Waals surface area contributed by atoms with Crippen molar-refractivity contribution in [2.75, 3.05) is 19.6 Å². The summed E-state index contributed by atoms with van der Waals surface area (Å²) in [5.74, 6) is 1.03. The summed E-state index contributed by atoms with van der Waals surface area (Å²) in [5.41, 5.74) is 0. The first-order valence-corrected chi connectivity index (χ1v) is 9.64. The molecule has 0 spiro atoms. The minimum absolute atomic E-state index is 0.139. The maximum Gasteiger partial charge on any atom is 0.245 e. The third kappa shape index (κ3) is 3.94. The molecule has 1 aromatic heterocycles. The number of thiophene rings is 1. The minimum Gasteiger partial charge on any atom is -0.341 e. The van der Waals surface area contributed by atoms with Crippen LogP contribution in [0.15, 0.2) is 17.5 Å². The number of aryl methyl sites for hydroxylation is 1. The van der Waals surface area contributed by atoms with E-state index in [9.17, 15) is 9.59 Å². The second kappa shape index (κ2) is 7.47. The molecule has 1 aromatic rings. The van der Waals surface area contributed by atoms with Gasteiger partial charge in [-0.1, -0.05) is 13.0 Å². The molecule has 2 saturated heterocycles. The van der Waals surface area contributed by atoms with Crippen molar-refractivity contribution in [2.24, 2.45) is 5.92 Å². The van der Waals surface area contributed by atoms with E-state index in [0.717, 1.165) is 51.7 Å². The van der Waals surface area contributed by atoms with Gasteiger partial charge in [0.1, 0.15) is 6.04 Å². The van der Waals surface area contributed by atoms with Crippen molar-refractivity contribution in [3.05, 3.63) is 22.4 Å². The van der Waals surface area contributed by atoms with Crippen LogP contribution in [0.2, 0.25) is 0 Å². The van der Waals surface area contributed by atoms with Crippen LogP contribution in [-0.4, -0.2) is 47.3 Å². The first-order valence-electron chi connectivity index (χ1n) is 8.76. The number of nitrogens with zero attached hydrogens (tertiary/aromatic N) is 2. The first kappa shape index (κ1) is 16.5. The number of carbonyl (C=O) groups is 2. The van der Waals surface area contributed by atoms with Crippen LogP contribution in [0.1, 0.15) is 43.9 Å². The largest absolute Gasteiger partial charge is 0.341 e. The lowest BCUT2D eigenvalue weighted by molar-refractivity contribution is -0.144. The van der Waals surface area contributed by atoms with Crippen LogP contribution in [0.4, 0.5) is 0 Å². The van der Waals surface area contributed by atoms with E-state index in [1.54, 1.807) is 11.3 Å². The van der Waals surface area contributed by atoms with E-state index in [1.807, 2.05) is 21.2 Å². The van der Waals surface area contributed by atoms with Crippen molar-refractivity contribution in [2.45, 2.75) is 51.5 Å². The Morgan fingerprint density at radius 1 is 1.22 bits per heavy atom. The van der Waals surface area contributed by atoms with Crippen LogP contribution < -0.4 is 0 Å². The average molecular weight is 334 g/mol. The molecule has 0 bridgehead atoms. The van der Waals surface area contributed by atoms with Crippen molar-refractivity contribution in [3.63, 3.8) is 0 Å². The van der Waals surface area contributed by atoms with Gasteiger partial charge in [-0.25, -0.2) is 0 Å². The molecule has 23 heavy (non-hydrogen) atoms. The van der Waals surface area contributed by atoms with Crippen LogP contribution >= 0.6 is 11.3 Å². The van der Waals surface area contributed by atoms with Gasteiger partial charge in [-0.05, 0) is 49.5 Å². The van der Waals surface area contributed by atoms with Crippen molar-refractivity contribution < 1.29 is 9.59 Å². The van der Waals surface area contributed by atoms with Gasteiger partial charge in [0, 0.05) is 30.9 Å². The van der Waals surface area contributed by atoms with Crippen LogP contribution in [0, 0.1) is 5.92 Å². The Bertz CT molecular complexity index is 535. The predicted molar refractivity (Wildman–Crippen MR) is 92.4 cm³/mol. The Labute approximate surface area is 142 Å². The fourth-order valence-electron chi connectivity index (χ4n) is 3.59. The normalized spacial score (nSPS) is 22.6. The Morgan fingerprint density at radius 2 is 2.00 bits per heavy atom. The Kier molecular flexibility index (Phi) is 5.36. The molecule has 2 aliphatic heterocycles. The number of likely N-dealkylation sites (tertiary alicyclic amines) is 2. The molecule has 2 amide bonds. The lowest BCUT2D eigenvalue weighted by Crippen LogP contribution is -2.49. The highest BCUT2D eigenvalue weighted by molar-refractivity contribution is 7.09. The van der Waals surface area contributed by atoms with E-state index in [-0.39, 0.29) is 17.9 Å². The molecule has 0 aliphatic carbocycles. The van der Waals surface area contributed by atoms with E-state index in [1.165, 1.54) is 4.88 Å². The molecule has 2 aliphatic rings. The van der Waals surface area contributed by atoms with Gasteiger partial charge in [0.25, 0.3) is 0 Å². The highest BCUT2D eigenvalue weighted by atomic mass is 32.1. The van der Waals surface area contributed by atoms with Crippen molar-refractivity contribution >= 4 is 23.2 Å². The molecule has 0 radical (unpaired) electrons. The van der Waals surface area contributed by atoms with E-state index in [4.69, 9.17) is 0 Å². The van der Waals surface area contributed by atoms with Crippen molar-refractivity contribution in [1.82, 2.24) is 9.80 Å². The zero-order valence-corrected chi connectivity index (χ0v) is 14.7. The van der Waals surface area contributed by atoms with Gasteiger partial charge in [0.05, 0.1) is 0 Å². The first-order chi connectivity index (χ1) is 11.1. The summed E-state index contributed by atoms with van der Waals surface area (Å²) < 4.78 is 0. The summed E-state index contributed by atoms with van der Waals surface area (Å²) in [4.78, 5) is 30.4. The van der Waals surface area contributed by atoms with Crippen molar-refractivity contribution in [1.29, 1.82) is 0 Å². The molecule has 0 aromatic carbocycles. The molecule has 0 unspecified atom stereocenters. The molecular formula is C18H26N2O2S. The summed E-state index contributed by atoms with van der Waals surface area (Å²) in [6.45, 7) is 4.70. The molecule has 2 fully saturated rings. The van der Waals surface area contributed by atoms with Crippen LogP contribution in [0.3, 0.4) is 0 Å². The lowest BCUT2D eigenvalue weighted by Gasteiger charge is -2.34. The van der Waals surface area contributed by atoms with Gasteiger partial charge in [-0.2, -0.15) is 0 Å². The molecule has 1 atom stereocenters. The number of carbonyl (C=O) groups excluding carboxylic acids is 2. The van der Waals surface area contributed by atoms with Gasteiger partial charge in [-0.15, -0.1) is 11.3 Å². The highest BCUT2D eigenvalue weighted by Crippen LogP contribution is 2.24. The third-order valence-electron chi connectivity index (χ3n) is 5.12. The summed E-state index contributed by atoms with van der Waals surface area (Å²) in [6.07, 6.45) is 5.26. The summed E-state index contributed by atoms with van der Waals surface area (Å²) in [6, 6.07) is 3.88. The molecule has 0 N–H and O–H groups in total. The number of hydrogen-bond donors (Lipinski definition) is 0. The summed E-state index contributed by atoms with van der Waals surface area (Å²) in [5, 5.41) is 2.04. The van der Waals surface area contributed by atoms with Gasteiger partial charge in [0.2, 0.25) is 11.8 Å². The van der Waals surface area contributed by atoms with E-state index >= 15 is 0 Å². The number of amides is 2. The molecule has 126 valence electrons. The Morgan fingerprint density at radius 3 is 2.70 bits per heavy atom. The van der Waals surface area contributed by atoms with Gasteiger partial charge in [0.15, 0.2) is 0 Å². The fourth-order valence-corrected chi connectivity index (χ4v) is 4.30. The Balaban J connectivity index is 1.56. The van der Waals surface area contributed by atoms with E-state index < -0.39 is 0 Å². The smallest absolute Gasteiger partial charge is 0.245 e. The average Bonchev–Trinajstić information content (AvgIpc) is 3.24. The van der Waals surface area contributed by atoms with E-state index in [2.05, 4.69) is 13.0 Å². The fraction of sp³-hybridized carbons (Fsp3) is 0.667. The molecule has 5 heteroatoms. The van der Waals surface area contributed by atoms with Crippen LogP contribution in [0.5, 0.6) is 0 Å². The minimum atomic E-state index is -0.209. The second-order valence-electron chi connectivity index (χ2n) is 6.83. The zero-order chi connectivity index (χ0) is 16.2. The SMILES string of the molecule is CC1CCN(C(=O)[C@@H]2CCCN2C(=O)CCc2cccs2)CC1. The van der Waals surface area contributed by atoms with Gasteiger partial charge >= 0.3 is 0 Å². The zero-order valence-electron chi connectivity index (χ0n) is 13.9.